The Kier molecular flexibility index (Phi) is 8.02. The number of esters is 1. The average Bonchev–Trinajstić information content (AvgIpc) is 2.79. The van der Waals surface area contributed by atoms with E-state index in [0.29, 0.717) is 0 Å². The number of likely N-dealkylation sites (tertiary alicyclic amines) is 1. The van der Waals surface area contributed by atoms with Gasteiger partial charge in [-0.1, -0.05) is 41.4 Å². The van der Waals surface area contributed by atoms with Crippen LogP contribution in [-0.4, -0.2) is 44.7 Å². The SMILES string of the molecule is COC(=O)C(C)(C)CCN1CCC(=C(c2ccc(Cl)cc2C)c2ccccc2OC)CC1. The number of carbonyl (C=O) groups excluding carboxylic acids is 1. The zero-order valence-electron chi connectivity index (χ0n) is 19.8. The van der Waals surface area contributed by atoms with Gasteiger partial charge in [0.1, 0.15) is 5.75 Å². The predicted molar refractivity (Wildman–Crippen MR) is 131 cm³/mol. The van der Waals surface area contributed by atoms with Gasteiger partial charge in [0.25, 0.3) is 0 Å². The normalized spacial score (nSPS) is 14.9. The zero-order chi connectivity index (χ0) is 23.3. The summed E-state index contributed by atoms with van der Waals surface area (Å²) >= 11 is 6.26. The molecule has 0 saturated carbocycles. The standard InChI is InChI=1S/C27H34ClNO3/c1-19-18-21(28)10-11-22(19)25(23-8-6-7-9-24(23)31-4)20-12-15-29(16-13-20)17-14-27(2,3)26(30)32-5/h6-11,18H,12-17H2,1-5H3. The van der Waals surface area contributed by atoms with Gasteiger partial charge in [0.2, 0.25) is 0 Å². The molecule has 4 nitrogen and oxygen atoms in total. The topological polar surface area (TPSA) is 38.8 Å². The van der Waals surface area contributed by atoms with Crippen LogP contribution in [0.1, 0.15) is 49.8 Å². The third-order valence-electron chi connectivity index (χ3n) is 6.44. The predicted octanol–water partition coefficient (Wildman–Crippen LogP) is 6.14. The van der Waals surface area contributed by atoms with E-state index in [2.05, 4.69) is 30.0 Å². The van der Waals surface area contributed by atoms with Crippen molar-refractivity contribution in [3.05, 3.63) is 69.8 Å². The van der Waals surface area contributed by atoms with Crippen LogP contribution in [0.2, 0.25) is 5.02 Å². The van der Waals surface area contributed by atoms with Crippen molar-refractivity contribution in [1.29, 1.82) is 0 Å². The molecule has 1 heterocycles. The Balaban J connectivity index is 1.88. The van der Waals surface area contributed by atoms with Crippen LogP contribution in [0.5, 0.6) is 5.75 Å². The maximum atomic E-state index is 12.0. The summed E-state index contributed by atoms with van der Waals surface area (Å²) in [5.41, 5.74) is 5.71. The second-order valence-corrected chi connectivity index (χ2v) is 9.54. The molecule has 1 aliphatic rings. The molecule has 0 amide bonds. The zero-order valence-corrected chi connectivity index (χ0v) is 20.6. The van der Waals surface area contributed by atoms with Crippen molar-refractivity contribution in [2.24, 2.45) is 5.41 Å². The molecule has 1 aliphatic heterocycles. The number of piperidine rings is 1. The maximum Gasteiger partial charge on any atom is 0.311 e. The van der Waals surface area contributed by atoms with Gasteiger partial charge in [0.15, 0.2) is 0 Å². The van der Waals surface area contributed by atoms with Gasteiger partial charge in [-0.3, -0.25) is 4.79 Å². The molecular formula is C27H34ClNO3. The molecule has 2 aromatic rings. The number of halogens is 1. The summed E-state index contributed by atoms with van der Waals surface area (Å²) in [6.45, 7) is 8.85. The Morgan fingerprint density at radius 1 is 1.06 bits per heavy atom. The molecule has 1 fully saturated rings. The van der Waals surface area contributed by atoms with E-state index in [1.165, 1.54) is 23.8 Å². The van der Waals surface area contributed by atoms with Crippen LogP contribution in [0.4, 0.5) is 0 Å². The molecule has 172 valence electrons. The van der Waals surface area contributed by atoms with Crippen LogP contribution in [0.15, 0.2) is 48.0 Å². The van der Waals surface area contributed by atoms with E-state index >= 15 is 0 Å². The fourth-order valence-corrected chi connectivity index (χ4v) is 4.62. The van der Waals surface area contributed by atoms with Crippen molar-refractivity contribution in [1.82, 2.24) is 4.90 Å². The van der Waals surface area contributed by atoms with E-state index in [4.69, 9.17) is 21.1 Å². The molecule has 0 bridgehead atoms. The van der Waals surface area contributed by atoms with Crippen molar-refractivity contribution in [2.75, 3.05) is 33.9 Å². The Morgan fingerprint density at radius 2 is 1.75 bits per heavy atom. The Labute approximate surface area is 197 Å². The van der Waals surface area contributed by atoms with E-state index in [1.54, 1.807) is 7.11 Å². The molecule has 0 aromatic heterocycles. The number of carbonyl (C=O) groups is 1. The van der Waals surface area contributed by atoms with Gasteiger partial charge in [0.05, 0.1) is 19.6 Å². The monoisotopic (exact) mass is 455 g/mol. The van der Waals surface area contributed by atoms with Crippen molar-refractivity contribution >= 4 is 23.1 Å². The van der Waals surface area contributed by atoms with E-state index in [1.807, 2.05) is 38.1 Å². The fourth-order valence-electron chi connectivity index (χ4n) is 4.40. The van der Waals surface area contributed by atoms with Crippen LogP contribution in [0.3, 0.4) is 0 Å². The minimum atomic E-state index is -0.464. The number of aryl methyl sites for hydroxylation is 1. The molecule has 0 spiro atoms. The third-order valence-corrected chi connectivity index (χ3v) is 6.67. The smallest absolute Gasteiger partial charge is 0.311 e. The summed E-state index contributed by atoms with van der Waals surface area (Å²) in [5.74, 6) is 0.735. The highest BCUT2D eigenvalue weighted by Gasteiger charge is 2.30. The number of para-hydroxylation sites is 1. The molecule has 32 heavy (non-hydrogen) atoms. The summed E-state index contributed by atoms with van der Waals surface area (Å²) < 4.78 is 10.7. The largest absolute Gasteiger partial charge is 0.496 e. The van der Waals surface area contributed by atoms with Crippen molar-refractivity contribution in [3.63, 3.8) is 0 Å². The molecule has 0 radical (unpaired) electrons. The lowest BCUT2D eigenvalue weighted by Gasteiger charge is -2.32. The van der Waals surface area contributed by atoms with Gasteiger partial charge in [0, 0.05) is 23.7 Å². The van der Waals surface area contributed by atoms with Crippen molar-refractivity contribution in [3.8, 4) is 5.75 Å². The number of nitrogens with zero attached hydrogens (tertiary/aromatic N) is 1. The number of ether oxygens (including phenoxy) is 2. The summed E-state index contributed by atoms with van der Waals surface area (Å²) in [4.78, 5) is 14.5. The minimum absolute atomic E-state index is 0.147. The minimum Gasteiger partial charge on any atom is -0.496 e. The lowest BCUT2D eigenvalue weighted by molar-refractivity contribution is -0.151. The molecule has 2 aromatic carbocycles. The Bertz CT molecular complexity index is 986. The summed E-state index contributed by atoms with van der Waals surface area (Å²) in [6, 6.07) is 14.3. The van der Waals surface area contributed by atoms with Gasteiger partial charge in [-0.2, -0.15) is 0 Å². The highest BCUT2D eigenvalue weighted by atomic mass is 35.5. The summed E-state index contributed by atoms with van der Waals surface area (Å²) in [7, 11) is 3.18. The first kappa shape index (κ1) is 24.3. The van der Waals surface area contributed by atoms with Crippen molar-refractivity contribution < 1.29 is 14.3 Å². The fraction of sp³-hybridized carbons (Fsp3) is 0.444. The Morgan fingerprint density at radius 3 is 2.38 bits per heavy atom. The first-order valence-electron chi connectivity index (χ1n) is 11.2. The molecule has 0 atom stereocenters. The van der Waals surface area contributed by atoms with Crippen LogP contribution in [0.25, 0.3) is 5.57 Å². The maximum absolute atomic E-state index is 12.0. The second kappa shape index (κ2) is 10.5. The number of hydrogen-bond acceptors (Lipinski definition) is 4. The van der Waals surface area contributed by atoms with Gasteiger partial charge >= 0.3 is 5.97 Å². The number of hydrogen-bond donors (Lipinski definition) is 0. The lowest BCUT2D eigenvalue weighted by Crippen LogP contribution is -2.36. The number of rotatable bonds is 7. The molecule has 3 rings (SSSR count). The first-order valence-corrected chi connectivity index (χ1v) is 11.6. The van der Waals surface area contributed by atoms with Crippen LogP contribution in [-0.2, 0) is 9.53 Å². The van der Waals surface area contributed by atoms with E-state index < -0.39 is 5.41 Å². The average molecular weight is 456 g/mol. The molecule has 0 unspecified atom stereocenters. The van der Waals surface area contributed by atoms with Crippen LogP contribution >= 0.6 is 11.6 Å². The molecule has 5 heteroatoms. The van der Waals surface area contributed by atoms with Gasteiger partial charge in [-0.15, -0.1) is 0 Å². The molecular weight excluding hydrogens is 422 g/mol. The Hall–Kier alpha value is -2.30. The van der Waals surface area contributed by atoms with E-state index in [9.17, 15) is 4.79 Å². The molecule has 0 aliphatic carbocycles. The second-order valence-electron chi connectivity index (χ2n) is 9.11. The van der Waals surface area contributed by atoms with Crippen LogP contribution in [0, 0.1) is 12.3 Å². The highest BCUT2D eigenvalue weighted by molar-refractivity contribution is 6.30. The quantitative estimate of drug-likeness (QED) is 0.470. The highest BCUT2D eigenvalue weighted by Crippen LogP contribution is 2.38. The molecule has 0 N–H and O–H groups in total. The van der Waals surface area contributed by atoms with Crippen LogP contribution < -0.4 is 4.74 Å². The third kappa shape index (κ3) is 5.54. The van der Waals surface area contributed by atoms with Crippen molar-refractivity contribution in [2.45, 2.75) is 40.0 Å². The lowest BCUT2D eigenvalue weighted by atomic mass is 9.85. The van der Waals surface area contributed by atoms with Gasteiger partial charge < -0.3 is 14.4 Å². The summed E-state index contributed by atoms with van der Waals surface area (Å²) in [6.07, 6.45) is 2.75. The molecule has 1 saturated heterocycles. The van der Waals surface area contributed by atoms with E-state index in [0.717, 1.165) is 60.8 Å². The van der Waals surface area contributed by atoms with Gasteiger partial charge in [-0.25, -0.2) is 0 Å². The van der Waals surface area contributed by atoms with Gasteiger partial charge in [-0.05, 0) is 81.5 Å². The summed E-state index contributed by atoms with van der Waals surface area (Å²) in [5, 5.41) is 0.749. The first-order chi connectivity index (χ1) is 15.3. The van der Waals surface area contributed by atoms with E-state index in [-0.39, 0.29) is 5.97 Å². The number of benzene rings is 2. The number of methoxy groups -OCH3 is 2.